The quantitative estimate of drug-likeness (QED) is 0.481. The summed E-state index contributed by atoms with van der Waals surface area (Å²) in [6.07, 6.45) is 4.27. The molecule has 5 N–H and O–H groups in total. The van der Waals surface area contributed by atoms with Crippen LogP contribution in [0, 0.1) is 0 Å². The summed E-state index contributed by atoms with van der Waals surface area (Å²) < 4.78 is 5.61. The Morgan fingerprint density at radius 1 is 1.17 bits per heavy atom. The summed E-state index contributed by atoms with van der Waals surface area (Å²) in [5, 5.41) is 31.8. The summed E-state index contributed by atoms with van der Waals surface area (Å²) in [6.45, 7) is 5.20. The number of benzene rings is 2. The van der Waals surface area contributed by atoms with Crippen molar-refractivity contribution < 1.29 is 14.9 Å². The number of phenolic OH excluding ortho intramolecular Hbond substituents is 2. The summed E-state index contributed by atoms with van der Waals surface area (Å²) in [7, 11) is 0. The van der Waals surface area contributed by atoms with Crippen LogP contribution in [0.2, 0.25) is 0 Å². The van der Waals surface area contributed by atoms with Crippen LogP contribution in [0.4, 0.5) is 5.69 Å². The fourth-order valence-corrected chi connectivity index (χ4v) is 4.36. The first-order valence-electron chi connectivity index (χ1n) is 10.7. The molecule has 0 amide bonds. The monoisotopic (exact) mass is 397 g/mol. The Morgan fingerprint density at radius 3 is 2.86 bits per heavy atom. The highest BCUT2D eigenvalue weighted by Gasteiger charge is 2.26. The average Bonchev–Trinajstić information content (AvgIpc) is 2.75. The first-order chi connectivity index (χ1) is 14.2. The fourth-order valence-electron chi connectivity index (χ4n) is 4.36. The molecule has 6 heteroatoms. The molecule has 1 fully saturated rings. The number of rotatable bonds is 6. The van der Waals surface area contributed by atoms with Gasteiger partial charge in [-0.1, -0.05) is 18.2 Å². The maximum Gasteiger partial charge on any atom is 0.161 e. The molecule has 0 aliphatic carbocycles. The number of hydrogen-bond acceptors (Lipinski definition) is 6. The van der Waals surface area contributed by atoms with E-state index in [4.69, 9.17) is 4.74 Å². The third kappa shape index (κ3) is 4.28. The van der Waals surface area contributed by atoms with Gasteiger partial charge in [-0.2, -0.15) is 0 Å². The van der Waals surface area contributed by atoms with Crippen molar-refractivity contribution in [3.63, 3.8) is 0 Å². The van der Waals surface area contributed by atoms with Crippen LogP contribution in [0.15, 0.2) is 30.3 Å². The first kappa shape index (κ1) is 19.9. The van der Waals surface area contributed by atoms with Gasteiger partial charge in [0.15, 0.2) is 11.5 Å². The number of aryl methyl sites for hydroxylation is 1. The lowest BCUT2D eigenvalue weighted by Crippen LogP contribution is -2.44. The summed E-state index contributed by atoms with van der Waals surface area (Å²) >= 11 is 0. The molecule has 6 nitrogen and oxygen atoms in total. The second-order valence-electron chi connectivity index (χ2n) is 7.87. The van der Waals surface area contributed by atoms with E-state index in [1.54, 1.807) is 6.07 Å². The van der Waals surface area contributed by atoms with E-state index in [2.05, 4.69) is 22.0 Å². The molecule has 1 saturated heterocycles. The predicted octanol–water partition coefficient (Wildman–Crippen LogP) is 3.29. The molecular formula is C23H31N3O3. The molecule has 0 spiro atoms. The number of phenols is 2. The van der Waals surface area contributed by atoms with Crippen LogP contribution >= 0.6 is 0 Å². The van der Waals surface area contributed by atoms with Crippen LogP contribution in [0.3, 0.4) is 0 Å². The number of piperidine rings is 1. The molecule has 0 saturated carbocycles. The zero-order valence-electron chi connectivity index (χ0n) is 17.0. The van der Waals surface area contributed by atoms with Crippen molar-refractivity contribution in [1.29, 1.82) is 0 Å². The van der Waals surface area contributed by atoms with Gasteiger partial charge < -0.3 is 30.9 Å². The Balaban J connectivity index is 1.74. The highest BCUT2D eigenvalue weighted by molar-refractivity contribution is 5.67. The summed E-state index contributed by atoms with van der Waals surface area (Å²) in [5.74, 6) is 0.911. The van der Waals surface area contributed by atoms with Crippen molar-refractivity contribution in [2.24, 2.45) is 0 Å². The molecule has 29 heavy (non-hydrogen) atoms. The SMILES string of the molecule is CCOc1cc(C(NC2CCCNC2)c2ccc3c(c2O)NCCC3)ccc1O. The van der Waals surface area contributed by atoms with Gasteiger partial charge in [0.25, 0.3) is 0 Å². The van der Waals surface area contributed by atoms with Gasteiger partial charge in [-0.3, -0.25) is 0 Å². The second kappa shape index (κ2) is 8.93. The van der Waals surface area contributed by atoms with Crippen LogP contribution < -0.4 is 20.7 Å². The third-order valence-electron chi connectivity index (χ3n) is 5.85. The topological polar surface area (TPSA) is 85.8 Å². The van der Waals surface area contributed by atoms with E-state index in [1.807, 2.05) is 25.1 Å². The van der Waals surface area contributed by atoms with Gasteiger partial charge in [0, 0.05) is 24.7 Å². The molecule has 156 valence electrons. The molecule has 2 aromatic carbocycles. The predicted molar refractivity (Wildman–Crippen MR) is 115 cm³/mol. The van der Waals surface area contributed by atoms with E-state index in [0.717, 1.165) is 67.7 Å². The van der Waals surface area contributed by atoms with Gasteiger partial charge in [0.2, 0.25) is 0 Å². The minimum atomic E-state index is -0.200. The van der Waals surface area contributed by atoms with Gasteiger partial charge in [0.1, 0.15) is 5.75 Å². The number of ether oxygens (including phenoxy) is 1. The molecular weight excluding hydrogens is 366 g/mol. The van der Waals surface area contributed by atoms with Crippen molar-refractivity contribution >= 4 is 5.69 Å². The average molecular weight is 398 g/mol. The summed E-state index contributed by atoms with van der Waals surface area (Å²) in [6, 6.07) is 9.70. The van der Waals surface area contributed by atoms with E-state index in [9.17, 15) is 10.2 Å². The number of nitrogens with one attached hydrogen (secondary N) is 3. The van der Waals surface area contributed by atoms with E-state index in [0.29, 0.717) is 24.1 Å². The van der Waals surface area contributed by atoms with Gasteiger partial charge in [-0.25, -0.2) is 0 Å². The second-order valence-corrected chi connectivity index (χ2v) is 7.87. The zero-order chi connectivity index (χ0) is 20.2. The molecule has 2 aliphatic heterocycles. The van der Waals surface area contributed by atoms with Gasteiger partial charge in [0.05, 0.1) is 18.3 Å². The van der Waals surface area contributed by atoms with E-state index in [1.165, 1.54) is 0 Å². The van der Waals surface area contributed by atoms with Crippen molar-refractivity contribution in [2.45, 2.75) is 44.7 Å². The van der Waals surface area contributed by atoms with Gasteiger partial charge >= 0.3 is 0 Å². The molecule has 2 unspecified atom stereocenters. The van der Waals surface area contributed by atoms with E-state index >= 15 is 0 Å². The molecule has 2 atom stereocenters. The molecule has 2 aromatic rings. The highest BCUT2D eigenvalue weighted by atomic mass is 16.5. The molecule has 0 radical (unpaired) electrons. The number of fused-ring (bicyclic) bond motifs is 1. The fraction of sp³-hybridized carbons (Fsp3) is 0.478. The Kier molecular flexibility index (Phi) is 6.11. The largest absolute Gasteiger partial charge is 0.505 e. The van der Waals surface area contributed by atoms with Crippen molar-refractivity contribution in [3.8, 4) is 17.2 Å². The van der Waals surface area contributed by atoms with Crippen molar-refractivity contribution in [2.75, 3.05) is 31.6 Å². The smallest absolute Gasteiger partial charge is 0.161 e. The lowest BCUT2D eigenvalue weighted by atomic mass is 9.91. The van der Waals surface area contributed by atoms with Crippen LogP contribution in [0.25, 0.3) is 0 Å². The Hall–Kier alpha value is -2.44. The molecule has 0 bridgehead atoms. The number of hydrogen-bond donors (Lipinski definition) is 5. The Morgan fingerprint density at radius 2 is 2.07 bits per heavy atom. The molecule has 4 rings (SSSR count). The van der Waals surface area contributed by atoms with Gasteiger partial charge in [-0.05, 0) is 62.4 Å². The number of anilines is 1. The Labute approximate surface area is 172 Å². The van der Waals surface area contributed by atoms with Crippen LogP contribution in [0.1, 0.15) is 48.9 Å². The van der Waals surface area contributed by atoms with Crippen LogP contribution in [-0.4, -0.2) is 42.5 Å². The summed E-state index contributed by atoms with van der Waals surface area (Å²) in [4.78, 5) is 0. The van der Waals surface area contributed by atoms with Crippen LogP contribution in [0.5, 0.6) is 17.2 Å². The molecule has 0 aromatic heterocycles. The maximum absolute atomic E-state index is 11.1. The van der Waals surface area contributed by atoms with Crippen molar-refractivity contribution in [1.82, 2.24) is 10.6 Å². The standard InChI is InChI=1S/C23H31N3O3/c1-2-29-20-13-16(8-10-19(20)27)21(26-17-6-4-11-24-14-17)18-9-7-15-5-3-12-25-22(15)23(18)28/h7-10,13,17,21,24-28H,2-6,11-12,14H2,1H3. The van der Waals surface area contributed by atoms with Gasteiger partial charge in [-0.15, -0.1) is 0 Å². The normalized spacial score (nSPS) is 19.8. The first-order valence-corrected chi connectivity index (χ1v) is 10.7. The molecule has 2 aliphatic rings. The number of aromatic hydroxyl groups is 2. The minimum absolute atomic E-state index is 0.130. The maximum atomic E-state index is 11.1. The van der Waals surface area contributed by atoms with Crippen molar-refractivity contribution in [3.05, 3.63) is 47.0 Å². The minimum Gasteiger partial charge on any atom is -0.505 e. The lowest BCUT2D eigenvalue weighted by Gasteiger charge is -2.31. The lowest BCUT2D eigenvalue weighted by molar-refractivity contribution is 0.316. The molecule has 2 heterocycles. The Bertz CT molecular complexity index is 850. The summed E-state index contributed by atoms with van der Waals surface area (Å²) in [5.41, 5.74) is 3.82. The third-order valence-corrected chi connectivity index (χ3v) is 5.85. The van der Waals surface area contributed by atoms with E-state index < -0.39 is 0 Å². The van der Waals surface area contributed by atoms with Crippen LogP contribution in [-0.2, 0) is 6.42 Å². The zero-order valence-corrected chi connectivity index (χ0v) is 17.0. The highest BCUT2D eigenvalue weighted by Crippen LogP contribution is 2.41. The van der Waals surface area contributed by atoms with E-state index in [-0.39, 0.29) is 11.8 Å².